The van der Waals surface area contributed by atoms with Crippen LogP contribution in [0.3, 0.4) is 0 Å². The number of methoxy groups -OCH3 is 1. The first-order valence-corrected chi connectivity index (χ1v) is 8.30. The molecule has 0 aliphatic heterocycles. The molecule has 0 amide bonds. The lowest BCUT2D eigenvalue weighted by Crippen LogP contribution is -2.07. The lowest BCUT2D eigenvalue weighted by atomic mass is 10.1. The van der Waals surface area contributed by atoms with Crippen molar-refractivity contribution in [3.63, 3.8) is 0 Å². The van der Waals surface area contributed by atoms with E-state index in [2.05, 4.69) is 58.2 Å². The monoisotopic (exact) mass is 436 g/mol. The molecule has 0 saturated carbocycles. The van der Waals surface area contributed by atoms with E-state index in [1.54, 1.807) is 0 Å². The van der Waals surface area contributed by atoms with Crippen molar-refractivity contribution in [2.24, 2.45) is 0 Å². The third-order valence-corrected chi connectivity index (χ3v) is 5.41. The summed E-state index contributed by atoms with van der Waals surface area (Å²) in [6, 6.07) is 0. The molecular formula is C12H22I2O. The molecule has 90 valence electrons. The second kappa shape index (κ2) is 11.6. The normalized spacial score (nSPS) is 14.3. The molecule has 0 N–H and O–H groups in total. The van der Waals surface area contributed by atoms with Gasteiger partial charge in [-0.05, 0) is 38.7 Å². The van der Waals surface area contributed by atoms with Crippen molar-refractivity contribution in [1.29, 1.82) is 0 Å². The van der Waals surface area contributed by atoms with Gasteiger partial charge in [0.25, 0.3) is 0 Å². The molecule has 0 bridgehead atoms. The van der Waals surface area contributed by atoms with Gasteiger partial charge in [-0.2, -0.15) is 0 Å². The summed E-state index contributed by atoms with van der Waals surface area (Å²) < 4.78 is 7.93. The zero-order chi connectivity index (χ0) is 11.5. The maximum atomic E-state index is 5.44. The lowest BCUT2D eigenvalue weighted by molar-refractivity contribution is 0.130. The van der Waals surface area contributed by atoms with Gasteiger partial charge in [-0.3, -0.25) is 0 Å². The van der Waals surface area contributed by atoms with Crippen LogP contribution in [0.5, 0.6) is 0 Å². The van der Waals surface area contributed by atoms with E-state index in [0.29, 0.717) is 6.10 Å². The van der Waals surface area contributed by atoms with Gasteiger partial charge in [0, 0.05) is 11.5 Å². The van der Waals surface area contributed by atoms with Crippen LogP contribution in [-0.2, 0) is 4.74 Å². The minimum atomic E-state index is 0.327. The first-order valence-electron chi connectivity index (χ1n) is 5.69. The molecule has 1 unspecified atom stereocenters. The van der Waals surface area contributed by atoms with Gasteiger partial charge in [0.2, 0.25) is 0 Å². The number of hydrogen-bond donors (Lipinski definition) is 0. The molecule has 0 fully saturated rings. The number of ether oxygens (including phenoxy) is 1. The summed E-state index contributed by atoms with van der Waals surface area (Å²) in [5, 5.41) is 0. The van der Waals surface area contributed by atoms with Crippen molar-refractivity contribution in [2.75, 3.05) is 11.5 Å². The van der Waals surface area contributed by atoms with Crippen LogP contribution in [0.15, 0.2) is 9.66 Å². The highest BCUT2D eigenvalue weighted by Crippen LogP contribution is 2.15. The fraction of sp³-hybridized carbons (Fsp3) is 0.833. The Morgan fingerprint density at radius 3 is 2.47 bits per heavy atom. The van der Waals surface area contributed by atoms with Crippen LogP contribution in [0.25, 0.3) is 0 Å². The topological polar surface area (TPSA) is 9.23 Å². The molecule has 0 aliphatic rings. The Morgan fingerprint density at radius 1 is 1.27 bits per heavy atom. The summed E-state index contributed by atoms with van der Waals surface area (Å²) >= 11 is 4.78. The summed E-state index contributed by atoms with van der Waals surface area (Å²) in [6.07, 6.45) is 10.5. The molecule has 0 aromatic rings. The number of alkyl halides is 1. The Bertz CT molecular complexity index is 169. The molecule has 15 heavy (non-hydrogen) atoms. The van der Waals surface area contributed by atoms with Crippen molar-refractivity contribution in [1.82, 2.24) is 0 Å². The van der Waals surface area contributed by atoms with Crippen molar-refractivity contribution < 1.29 is 4.74 Å². The van der Waals surface area contributed by atoms with Crippen LogP contribution in [-0.4, -0.2) is 17.6 Å². The molecule has 0 heterocycles. The smallest absolute Gasteiger partial charge is 0.0762 e. The van der Waals surface area contributed by atoms with Crippen LogP contribution >= 0.6 is 45.2 Å². The molecule has 1 nitrogen and oxygen atoms in total. The maximum absolute atomic E-state index is 5.44. The predicted octanol–water partition coefficient (Wildman–Crippen LogP) is 5.12. The van der Waals surface area contributed by atoms with E-state index in [9.17, 15) is 0 Å². The maximum Gasteiger partial charge on any atom is 0.0762 e. The van der Waals surface area contributed by atoms with Crippen molar-refractivity contribution in [2.45, 2.75) is 51.6 Å². The van der Waals surface area contributed by atoms with Crippen LogP contribution < -0.4 is 0 Å². The number of rotatable bonds is 9. The van der Waals surface area contributed by atoms with Gasteiger partial charge >= 0.3 is 0 Å². The van der Waals surface area contributed by atoms with Crippen LogP contribution in [0.4, 0.5) is 0 Å². The first kappa shape index (κ1) is 16.2. The highest BCUT2D eigenvalue weighted by Gasteiger charge is 2.04. The van der Waals surface area contributed by atoms with E-state index in [-0.39, 0.29) is 0 Å². The predicted molar refractivity (Wildman–Crippen MR) is 85.2 cm³/mol. The van der Waals surface area contributed by atoms with Gasteiger partial charge in [0.05, 0.1) is 6.10 Å². The van der Waals surface area contributed by atoms with Crippen LogP contribution in [0, 0.1) is 0 Å². The highest BCUT2D eigenvalue weighted by molar-refractivity contribution is 14.1. The Morgan fingerprint density at radius 2 is 1.93 bits per heavy atom. The molecule has 0 aliphatic carbocycles. The van der Waals surface area contributed by atoms with E-state index in [1.807, 2.05) is 7.11 Å². The minimum Gasteiger partial charge on any atom is -0.377 e. The SMILES string of the molecule is CCCCCCCC(/C=C(/I)CI)OC. The van der Waals surface area contributed by atoms with Gasteiger partial charge in [-0.25, -0.2) is 0 Å². The van der Waals surface area contributed by atoms with E-state index in [4.69, 9.17) is 4.74 Å². The third kappa shape index (κ3) is 10.1. The van der Waals surface area contributed by atoms with E-state index >= 15 is 0 Å². The number of allylic oxidation sites excluding steroid dienone is 1. The lowest BCUT2D eigenvalue weighted by Gasteiger charge is -2.11. The van der Waals surface area contributed by atoms with E-state index in [0.717, 1.165) is 4.43 Å². The number of unbranched alkanes of at least 4 members (excludes halogenated alkanes) is 4. The second-order valence-corrected chi connectivity index (χ2v) is 5.87. The minimum absolute atomic E-state index is 0.327. The molecular weight excluding hydrogens is 414 g/mol. The van der Waals surface area contributed by atoms with Gasteiger partial charge in [0.15, 0.2) is 0 Å². The second-order valence-electron chi connectivity index (χ2n) is 3.72. The summed E-state index contributed by atoms with van der Waals surface area (Å²) in [4.78, 5) is 0. The third-order valence-electron chi connectivity index (χ3n) is 2.39. The summed E-state index contributed by atoms with van der Waals surface area (Å²) in [5.74, 6) is 0. The molecule has 3 heteroatoms. The quantitative estimate of drug-likeness (QED) is 0.277. The van der Waals surface area contributed by atoms with Gasteiger partial charge in [0.1, 0.15) is 0 Å². The molecule has 0 spiro atoms. The Balaban J connectivity index is 3.62. The Kier molecular flexibility index (Phi) is 12.5. The molecule has 0 saturated heterocycles. The summed E-state index contributed by atoms with van der Waals surface area (Å²) in [6.45, 7) is 2.25. The van der Waals surface area contributed by atoms with Crippen molar-refractivity contribution in [3.8, 4) is 0 Å². The van der Waals surface area contributed by atoms with Crippen molar-refractivity contribution in [3.05, 3.63) is 9.66 Å². The zero-order valence-corrected chi connectivity index (χ0v) is 14.1. The van der Waals surface area contributed by atoms with Gasteiger partial charge in [-0.15, -0.1) is 0 Å². The number of halogens is 2. The van der Waals surface area contributed by atoms with Gasteiger partial charge in [-0.1, -0.05) is 61.6 Å². The highest BCUT2D eigenvalue weighted by atomic mass is 127. The van der Waals surface area contributed by atoms with E-state index < -0.39 is 0 Å². The summed E-state index contributed by atoms with van der Waals surface area (Å²) in [5.41, 5.74) is 0. The van der Waals surface area contributed by atoms with Crippen LogP contribution in [0.1, 0.15) is 45.4 Å². The fourth-order valence-electron chi connectivity index (χ4n) is 1.46. The largest absolute Gasteiger partial charge is 0.377 e. The average molecular weight is 436 g/mol. The van der Waals surface area contributed by atoms with Crippen molar-refractivity contribution >= 4 is 45.2 Å². The Hall–Kier alpha value is 1.16. The Labute approximate surface area is 122 Å². The summed E-state index contributed by atoms with van der Waals surface area (Å²) in [7, 11) is 1.81. The number of hydrogen-bond acceptors (Lipinski definition) is 1. The molecule has 0 radical (unpaired) electrons. The molecule has 0 aromatic carbocycles. The van der Waals surface area contributed by atoms with E-state index in [1.165, 1.54) is 42.1 Å². The van der Waals surface area contributed by atoms with Gasteiger partial charge < -0.3 is 4.74 Å². The molecule has 1 atom stereocenters. The zero-order valence-electron chi connectivity index (χ0n) is 9.77. The van der Waals surface area contributed by atoms with Crippen LogP contribution in [0.2, 0.25) is 0 Å². The molecule has 0 aromatic heterocycles. The standard InChI is InChI=1S/C12H22I2O/c1-3-4-5-6-7-8-12(15-2)9-11(14)10-13/h9,12H,3-8,10H2,1-2H3/b11-9+. The first-order chi connectivity index (χ1) is 7.24. The molecule has 0 rings (SSSR count). The average Bonchev–Trinajstić information content (AvgIpc) is 2.26. The fourth-order valence-corrected chi connectivity index (χ4v) is 2.12.